The fourth-order valence-corrected chi connectivity index (χ4v) is 8.73. The zero-order valence-electron chi connectivity index (χ0n) is 14.2. The van der Waals surface area contributed by atoms with Crippen LogP contribution in [-0.4, -0.2) is 16.4 Å². The smallest absolute Gasteiger partial charge is 0.206 e. The van der Waals surface area contributed by atoms with Crippen molar-refractivity contribution in [1.29, 1.82) is 0 Å². The maximum atomic E-state index is 2.74. The lowest BCUT2D eigenvalue weighted by Gasteiger charge is -2.21. The quantitative estimate of drug-likeness (QED) is 0.504. The summed E-state index contributed by atoms with van der Waals surface area (Å²) in [6.45, 7) is 4.71. The molecule has 4 rings (SSSR count). The van der Waals surface area contributed by atoms with E-state index < -0.39 is 7.05 Å². The number of hydrogen-bond acceptors (Lipinski definition) is 0. The van der Waals surface area contributed by atoms with Crippen LogP contribution in [0.15, 0.2) is 91.0 Å². The molecule has 1 heterocycles. The molecule has 0 spiro atoms. The van der Waals surface area contributed by atoms with Crippen molar-refractivity contribution in [1.82, 2.24) is 0 Å². The number of benzene rings is 3. The Morgan fingerprint density at radius 1 is 0.542 bits per heavy atom. The molecule has 3 aromatic rings. The van der Waals surface area contributed by atoms with Gasteiger partial charge in [0.2, 0.25) is 12.1 Å². The maximum Gasteiger partial charge on any atom is 0.206 e. The molecule has 3 aromatic carbocycles. The van der Waals surface area contributed by atoms with E-state index in [-0.39, 0.29) is 0 Å². The molecular weight excluding hydrogens is 309 g/mol. The Kier molecular flexibility index (Phi) is 3.90. The molecule has 2 atom stereocenters. The van der Waals surface area contributed by atoms with Crippen molar-refractivity contribution < 1.29 is 4.33 Å². The van der Waals surface area contributed by atoms with Crippen molar-refractivity contribution in [2.45, 2.75) is 25.9 Å². The van der Waals surface area contributed by atoms with Gasteiger partial charge in [-0.3, -0.25) is 0 Å². The molecule has 1 nitrogen and oxygen atoms in total. The van der Waals surface area contributed by atoms with Crippen molar-refractivity contribution in [2.75, 3.05) is 0 Å². The highest BCUT2D eigenvalue weighted by Gasteiger charge is 2.55. The summed E-state index contributed by atoms with van der Waals surface area (Å²) in [6, 6.07) is 34.5. The molecule has 1 saturated heterocycles. The topological polar surface area (TPSA) is 3.01 Å². The first kappa shape index (κ1) is 15.4. The Labute approximate surface area is 144 Å². The minimum atomic E-state index is -1.79. The van der Waals surface area contributed by atoms with Gasteiger partial charge in [0, 0.05) is 29.8 Å². The van der Waals surface area contributed by atoms with Crippen LogP contribution in [0.2, 0.25) is 0 Å². The minimum Gasteiger partial charge on any atom is -0.231 e. The molecule has 2 unspecified atom stereocenters. The Bertz CT molecular complexity index is 772. The second-order valence-corrected chi connectivity index (χ2v) is 9.79. The molecule has 0 aliphatic carbocycles. The Morgan fingerprint density at radius 3 is 1.08 bits per heavy atom. The second-order valence-electron chi connectivity index (χ2n) is 6.50. The first-order valence-corrected chi connectivity index (χ1v) is 10.3. The van der Waals surface area contributed by atoms with Crippen LogP contribution in [0.1, 0.15) is 13.8 Å². The third-order valence-corrected chi connectivity index (χ3v) is 9.74. The van der Waals surface area contributed by atoms with E-state index >= 15 is 0 Å². The number of nitrogens with zero attached hydrogens (tertiary/aromatic N) is 1. The van der Waals surface area contributed by atoms with E-state index in [0.29, 0.717) is 12.1 Å². The standard InChI is InChI=1S/C22H23NP/c1-18-19(2)23(18)24(20-12-6-3-7-13-20,21-14-8-4-9-15-21)22-16-10-5-11-17-22/h3-19H,1-2H3/q+1. The van der Waals surface area contributed by atoms with Crippen LogP contribution >= 0.6 is 7.05 Å². The Morgan fingerprint density at radius 2 is 0.833 bits per heavy atom. The van der Waals surface area contributed by atoms with Crippen LogP contribution < -0.4 is 15.9 Å². The molecule has 0 N–H and O–H groups in total. The lowest BCUT2D eigenvalue weighted by molar-refractivity contribution is -0.352. The van der Waals surface area contributed by atoms with Gasteiger partial charge in [0.15, 0.2) is 7.05 Å². The van der Waals surface area contributed by atoms with E-state index in [0.717, 1.165) is 0 Å². The van der Waals surface area contributed by atoms with Crippen molar-refractivity contribution in [3.63, 3.8) is 0 Å². The highest BCUT2D eigenvalue weighted by atomic mass is 31.2. The molecule has 0 amide bonds. The van der Waals surface area contributed by atoms with Gasteiger partial charge in [-0.1, -0.05) is 54.6 Å². The van der Waals surface area contributed by atoms with Gasteiger partial charge in [-0.15, -0.1) is 0 Å². The summed E-state index contributed by atoms with van der Waals surface area (Å²) < 4.78 is 2.74. The lowest BCUT2D eigenvalue weighted by atomic mass is 10.4. The van der Waals surface area contributed by atoms with E-state index in [1.54, 1.807) is 0 Å². The fourth-order valence-electron chi connectivity index (χ4n) is 3.81. The summed E-state index contributed by atoms with van der Waals surface area (Å²) in [5.74, 6) is 0. The Hall–Kier alpha value is -2.11. The molecule has 1 fully saturated rings. The van der Waals surface area contributed by atoms with Gasteiger partial charge in [-0.25, -0.2) is 4.33 Å². The molecule has 1 aliphatic heterocycles. The van der Waals surface area contributed by atoms with Crippen molar-refractivity contribution in [2.24, 2.45) is 0 Å². The summed E-state index contributed by atoms with van der Waals surface area (Å²) in [7, 11) is -1.79. The van der Waals surface area contributed by atoms with Crippen LogP contribution in [-0.2, 0) is 0 Å². The molecule has 0 aromatic heterocycles. The molecule has 2 heteroatoms. The average Bonchev–Trinajstić information content (AvgIpc) is 3.25. The van der Waals surface area contributed by atoms with Crippen molar-refractivity contribution >= 4 is 23.0 Å². The highest BCUT2D eigenvalue weighted by molar-refractivity contribution is 7.85. The summed E-state index contributed by atoms with van der Waals surface area (Å²) in [5, 5.41) is 4.33. The van der Waals surface area contributed by atoms with E-state index in [1.165, 1.54) is 15.9 Å². The van der Waals surface area contributed by atoms with Crippen LogP contribution in [0, 0.1) is 0 Å². The van der Waals surface area contributed by atoms with E-state index in [9.17, 15) is 0 Å². The predicted octanol–water partition coefficient (Wildman–Crippen LogP) is 3.97. The third kappa shape index (κ3) is 2.27. The van der Waals surface area contributed by atoms with Crippen LogP contribution in [0.4, 0.5) is 0 Å². The summed E-state index contributed by atoms with van der Waals surface area (Å²) in [5.41, 5.74) is 0. The van der Waals surface area contributed by atoms with E-state index in [2.05, 4.69) is 109 Å². The zero-order valence-corrected chi connectivity index (χ0v) is 15.1. The molecule has 0 saturated carbocycles. The Balaban J connectivity index is 2.16. The lowest BCUT2D eigenvalue weighted by Crippen LogP contribution is -2.28. The fraction of sp³-hybridized carbons (Fsp3) is 0.182. The molecule has 24 heavy (non-hydrogen) atoms. The van der Waals surface area contributed by atoms with Gasteiger partial charge in [0.1, 0.15) is 0 Å². The van der Waals surface area contributed by atoms with Gasteiger partial charge >= 0.3 is 0 Å². The summed E-state index contributed by atoms with van der Waals surface area (Å²) in [6.07, 6.45) is 0. The predicted molar refractivity (Wildman–Crippen MR) is 104 cm³/mol. The van der Waals surface area contributed by atoms with Crippen LogP contribution in [0.3, 0.4) is 0 Å². The van der Waals surface area contributed by atoms with Gasteiger partial charge < -0.3 is 0 Å². The highest BCUT2D eigenvalue weighted by Crippen LogP contribution is 2.52. The summed E-state index contributed by atoms with van der Waals surface area (Å²) in [4.78, 5) is 0. The van der Waals surface area contributed by atoms with Crippen LogP contribution in [0.5, 0.6) is 0 Å². The van der Waals surface area contributed by atoms with Gasteiger partial charge in [-0.2, -0.15) is 0 Å². The molecule has 120 valence electrons. The normalized spacial score (nSPS) is 20.0. The molecule has 0 radical (unpaired) electrons. The first-order valence-electron chi connectivity index (χ1n) is 8.61. The monoisotopic (exact) mass is 332 g/mol. The minimum absolute atomic E-state index is 0.610. The third-order valence-electron chi connectivity index (χ3n) is 5.18. The molecule has 1 aliphatic rings. The van der Waals surface area contributed by atoms with Gasteiger partial charge in [-0.05, 0) is 36.4 Å². The second kappa shape index (κ2) is 6.07. The number of rotatable bonds is 3. The largest absolute Gasteiger partial charge is 0.231 e. The van der Waals surface area contributed by atoms with Gasteiger partial charge in [0.05, 0.1) is 0 Å². The van der Waals surface area contributed by atoms with Crippen molar-refractivity contribution in [3.05, 3.63) is 91.0 Å². The molecule has 0 bridgehead atoms. The van der Waals surface area contributed by atoms with E-state index in [1.807, 2.05) is 0 Å². The van der Waals surface area contributed by atoms with Crippen molar-refractivity contribution in [3.8, 4) is 0 Å². The SMILES string of the molecule is CC1C(C)[N+]1=P(c1ccccc1)(c1ccccc1)c1ccccc1. The van der Waals surface area contributed by atoms with E-state index in [4.69, 9.17) is 0 Å². The number of hydrogen-bond donors (Lipinski definition) is 0. The van der Waals surface area contributed by atoms with Crippen LogP contribution in [0.25, 0.3) is 0 Å². The first-order chi connectivity index (χ1) is 11.8. The average molecular weight is 332 g/mol. The maximum absolute atomic E-state index is 2.74. The van der Waals surface area contributed by atoms with Gasteiger partial charge in [0.25, 0.3) is 0 Å². The zero-order chi connectivity index (χ0) is 16.6. The molecular formula is C22H23NP+. The summed E-state index contributed by atoms with van der Waals surface area (Å²) >= 11 is 0.